The van der Waals surface area contributed by atoms with Gasteiger partial charge in [-0.2, -0.15) is 0 Å². The highest BCUT2D eigenvalue weighted by Gasteiger charge is 2.49. The Morgan fingerprint density at radius 1 is 1.45 bits per heavy atom. The summed E-state index contributed by atoms with van der Waals surface area (Å²) in [5.74, 6) is 0.633. The van der Waals surface area contributed by atoms with E-state index in [4.69, 9.17) is 10.5 Å². The minimum atomic E-state index is -0.526. The standard InChI is InChI=1S/C15H28N2O3/c1-14(2,3)20-13(19)17-9-12(18)8-15(17,10-16)7-11-5-4-6-11/h11-12,18H,4-10,16H2,1-3H3/t12-,15-/m0/s1. The molecule has 0 aromatic rings. The van der Waals surface area contributed by atoms with Gasteiger partial charge in [0.15, 0.2) is 0 Å². The van der Waals surface area contributed by atoms with Gasteiger partial charge >= 0.3 is 6.09 Å². The molecule has 0 bridgehead atoms. The van der Waals surface area contributed by atoms with Gasteiger partial charge < -0.3 is 15.6 Å². The lowest BCUT2D eigenvalue weighted by Crippen LogP contribution is -2.54. The molecule has 116 valence electrons. The summed E-state index contributed by atoms with van der Waals surface area (Å²) < 4.78 is 5.48. The van der Waals surface area contributed by atoms with Crippen molar-refractivity contribution >= 4 is 6.09 Å². The molecule has 2 fully saturated rings. The molecule has 1 amide bonds. The molecule has 5 heteroatoms. The molecule has 0 aromatic heterocycles. The van der Waals surface area contributed by atoms with Gasteiger partial charge in [0.1, 0.15) is 5.60 Å². The van der Waals surface area contributed by atoms with E-state index in [2.05, 4.69) is 0 Å². The molecule has 1 aliphatic heterocycles. The Balaban J connectivity index is 2.12. The summed E-state index contributed by atoms with van der Waals surface area (Å²) in [5, 5.41) is 10.0. The zero-order valence-electron chi connectivity index (χ0n) is 12.9. The van der Waals surface area contributed by atoms with Crippen molar-refractivity contribution in [2.24, 2.45) is 11.7 Å². The highest BCUT2D eigenvalue weighted by molar-refractivity contribution is 5.70. The topological polar surface area (TPSA) is 75.8 Å². The van der Waals surface area contributed by atoms with Gasteiger partial charge in [0.2, 0.25) is 0 Å². The third-order valence-corrected chi connectivity index (χ3v) is 4.47. The largest absolute Gasteiger partial charge is 0.444 e. The predicted octanol–water partition coefficient (Wildman–Crippen LogP) is 1.88. The number of likely N-dealkylation sites (tertiary alicyclic amines) is 1. The van der Waals surface area contributed by atoms with Gasteiger partial charge in [0, 0.05) is 6.54 Å². The Morgan fingerprint density at radius 2 is 2.10 bits per heavy atom. The number of nitrogens with two attached hydrogens (primary N) is 1. The molecule has 0 unspecified atom stereocenters. The van der Waals surface area contributed by atoms with Crippen LogP contribution in [0, 0.1) is 5.92 Å². The lowest BCUT2D eigenvalue weighted by atomic mass is 9.75. The minimum absolute atomic E-state index is 0.332. The van der Waals surface area contributed by atoms with Crippen LogP contribution in [0.25, 0.3) is 0 Å². The normalized spacial score (nSPS) is 31.2. The average molecular weight is 284 g/mol. The number of aliphatic hydroxyl groups excluding tert-OH is 1. The summed E-state index contributed by atoms with van der Waals surface area (Å²) in [6.45, 7) is 6.28. The number of hydrogen-bond acceptors (Lipinski definition) is 4. The van der Waals surface area contributed by atoms with Crippen LogP contribution in [0.1, 0.15) is 52.9 Å². The number of aliphatic hydroxyl groups is 1. The van der Waals surface area contributed by atoms with E-state index in [0.29, 0.717) is 25.4 Å². The fourth-order valence-electron chi connectivity index (χ4n) is 3.31. The Kier molecular flexibility index (Phi) is 4.30. The third-order valence-electron chi connectivity index (χ3n) is 4.47. The van der Waals surface area contributed by atoms with Gasteiger partial charge in [0.25, 0.3) is 0 Å². The van der Waals surface area contributed by atoms with Crippen LogP contribution < -0.4 is 5.73 Å². The van der Waals surface area contributed by atoms with Crippen molar-refractivity contribution in [3.05, 3.63) is 0 Å². The van der Waals surface area contributed by atoms with Crippen LogP contribution in [0.2, 0.25) is 0 Å². The van der Waals surface area contributed by atoms with Crippen molar-refractivity contribution in [1.82, 2.24) is 4.90 Å². The van der Waals surface area contributed by atoms with Crippen LogP contribution in [0.15, 0.2) is 0 Å². The number of nitrogens with zero attached hydrogens (tertiary/aromatic N) is 1. The molecule has 1 saturated heterocycles. The molecule has 1 saturated carbocycles. The van der Waals surface area contributed by atoms with Crippen LogP contribution in [0.3, 0.4) is 0 Å². The van der Waals surface area contributed by atoms with Gasteiger partial charge in [-0.1, -0.05) is 19.3 Å². The van der Waals surface area contributed by atoms with E-state index in [9.17, 15) is 9.90 Å². The van der Waals surface area contributed by atoms with E-state index in [1.165, 1.54) is 19.3 Å². The van der Waals surface area contributed by atoms with Crippen LogP contribution in [0.4, 0.5) is 4.79 Å². The first-order valence-electron chi connectivity index (χ1n) is 7.64. The van der Waals surface area contributed by atoms with Gasteiger partial charge in [-0.05, 0) is 39.5 Å². The Bertz CT molecular complexity index is 363. The second kappa shape index (κ2) is 5.53. The molecule has 20 heavy (non-hydrogen) atoms. The quantitative estimate of drug-likeness (QED) is 0.829. The predicted molar refractivity (Wildman–Crippen MR) is 77.3 cm³/mol. The number of carbonyl (C=O) groups excluding carboxylic acids is 1. The number of β-amino-alcohol motifs (C(OH)–C–C–N with tert-alkyl or cyclic N) is 1. The van der Waals surface area contributed by atoms with Crippen molar-refractivity contribution < 1.29 is 14.6 Å². The lowest BCUT2D eigenvalue weighted by Gasteiger charge is -2.42. The van der Waals surface area contributed by atoms with E-state index < -0.39 is 17.2 Å². The highest BCUT2D eigenvalue weighted by Crippen LogP contribution is 2.41. The zero-order chi connectivity index (χ0) is 15.0. The van der Waals surface area contributed by atoms with Crippen molar-refractivity contribution in [2.75, 3.05) is 13.1 Å². The maximum absolute atomic E-state index is 12.4. The summed E-state index contributed by atoms with van der Waals surface area (Å²) in [5.41, 5.74) is 5.04. The highest BCUT2D eigenvalue weighted by atomic mass is 16.6. The monoisotopic (exact) mass is 284 g/mol. The summed E-state index contributed by atoms with van der Waals surface area (Å²) in [6.07, 6.45) is 4.30. The Labute approximate surface area is 121 Å². The summed E-state index contributed by atoms with van der Waals surface area (Å²) in [4.78, 5) is 14.1. The maximum Gasteiger partial charge on any atom is 0.410 e. The molecule has 2 rings (SSSR count). The fraction of sp³-hybridized carbons (Fsp3) is 0.933. The van der Waals surface area contributed by atoms with E-state index in [1.807, 2.05) is 20.8 Å². The van der Waals surface area contributed by atoms with Crippen LogP contribution in [0.5, 0.6) is 0 Å². The van der Waals surface area contributed by atoms with Crippen molar-refractivity contribution in [1.29, 1.82) is 0 Å². The van der Waals surface area contributed by atoms with E-state index in [0.717, 1.165) is 6.42 Å². The third kappa shape index (κ3) is 3.26. The molecule has 3 N–H and O–H groups in total. The SMILES string of the molecule is CC(C)(C)OC(=O)N1C[C@@H](O)C[C@]1(CN)CC1CCC1. The second-order valence-electron chi connectivity index (χ2n) is 7.38. The van der Waals surface area contributed by atoms with E-state index in [1.54, 1.807) is 4.90 Å². The molecule has 1 heterocycles. The first-order chi connectivity index (χ1) is 9.26. The van der Waals surface area contributed by atoms with Gasteiger partial charge in [-0.15, -0.1) is 0 Å². The average Bonchev–Trinajstić information content (AvgIpc) is 2.59. The second-order valence-corrected chi connectivity index (χ2v) is 7.38. The number of hydrogen-bond donors (Lipinski definition) is 2. The minimum Gasteiger partial charge on any atom is -0.444 e. The van der Waals surface area contributed by atoms with E-state index in [-0.39, 0.29) is 6.09 Å². The molecular weight excluding hydrogens is 256 g/mol. The number of rotatable bonds is 3. The van der Waals surface area contributed by atoms with Crippen molar-refractivity contribution in [3.63, 3.8) is 0 Å². The van der Waals surface area contributed by atoms with Crippen LogP contribution >= 0.6 is 0 Å². The molecule has 2 atom stereocenters. The molecular formula is C15H28N2O3. The Hall–Kier alpha value is -0.810. The summed E-state index contributed by atoms with van der Waals surface area (Å²) in [6, 6.07) is 0. The smallest absolute Gasteiger partial charge is 0.410 e. The van der Waals surface area contributed by atoms with E-state index >= 15 is 0 Å². The summed E-state index contributed by atoms with van der Waals surface area (Å²) >= 11 is 0. The summed E-state index contributed by atoms with van der Waals surface area (Å²) in [7, 11) is 0. The molecule has 5 nitrogen and oxygen atoms in total. The zero-order valence-corrected chi connectivity index (χ0v) is 12.9. The molecule has 2 aliphatic rings. The first-order valence-corrected chi connectivity index (χ1v) is 7.64. The number of ether oxygens (including phenoxy) is 1. The van der Waals surface area contributed by atoms with Crippen LogP contribution in [-0.4, -0.2) is 46.4 Å². The first kappa shape index (κ1) is 15.6. The maximum atomic E-state index is 12.4. The van der Waals surface area contributed by atoms with Gasteiger partial charge in [-0.25, -0.2) is 4.79 Å². The molecule has 0 radical (unpaired) electrons. The molecule has 1 aliphatic carbocycles. The fourth-order valence-corrected chi connectivity index (χ4v) is 3.31. The lowest BCUT2D eigenvalue weighted by molar-refractivity contribution is 0.00182. The number of carbonyl (C=O) groups is 1. The molecule has 0 aromatic carbocycles. The van der Waals surface area contributed by atoms with Crippen molar-refractivity contribution in [3.8, 4) is 0 Å². The van der Waals surface area contributed by atoms with Gasteiger partial charge in [-0.3, -0.25) is 4.90 Å². The van der Waals surface area contributed by atoms with Crippen LogP contribution in [-0.2, 0) is 4.74 Å². The Morgan fingerprint density at radius 3 is 2.55 bits per heavy atom. The molecule has 0 spiro atoms. The van der Waals surface area contributed by atoms with Gasteiger partial charge in [0.05, 0.1) is 18.2 Å². The number of amides is 1. The van der Waals surface area contributed by atoms with Crippen molar-refractivity contribution in [2.45, 2.75) is 70.1 Å².